The van der Waals surface area contributed by atoms with Crippen LogP contribution >= 0.6 is 36.2 Å². The maximum atomic E-state index is 11.7. The molecule has 3 N–H and O–H groups in total. The minimum atomic E-state index is -0.473. The summed E-state index contributed by atoms with van der Waals surface area (Å²) < 4.78 is 0. The van der Waals surface area contributed by atoms with Crippen LogP contribution in [-0.2, 0) is 11.2 Å². The van der Waals surface area contributed by atoms with Crippen molar-refractivity contribution in [2.24, 2.45) is 11.1 Å². The zero-order valence-corrected chi connectivity index (χ0v) is 14.2. The second-order valence-electron chi connectivity index (χ2n) is 5.24. The summed E-state index contributed by atoms with van der Waals surface area (Å²) in [7, 11) is 0. The minimum absolute atomic E-state index is 0. The smallest absolute Gasteiger partial charge is 0.237 e. The molecule has 0 radical (unpaired) electrons. The molecule has 1 heterocycles. The topological polar surface area (TPSA) is 68.0 Å². The summed E-state index contributed by atoms with van der Waals surface area (Å²) in [6.07, 6.45) is 0.757. The highest BCUT2D eigenvalue weighted by Crippen LogP contribution is 2.17. The van der Waals surface area contributed by atoms with Crippen molar-refractivity contribution in [1.82, 2.24) is 10.3 Å². The Bertz CT molecular complexity index is 391. The van der Waals surface area contributed by atoms with Gasteiger partial charge in [-0.15, -0.1) is 36.2 Å². The first kappa shape index (κ1) is 20.9. The fourth-order valence-electron chi connectivity index (χ4n) is 1.34. The highest BCUT2D eigenvalue weighted by molar-refractivity contribution is 7.09. The van der Waals surface area contributed by atoms with Crippen molar-refractivity contribution in [3.8, 4) is 0 Å². The summed E-state index contributed by atoms with van der Waals surface area (Å²) in [5, 5.41) is 5.92. The first-order chi connectivity index (χ1) is 7.80. The maximum Gasteiger partial charge on any atom is 0.237 e. The van der Waals surface area contributed by atoms with E-state index in [4.69, 9.17) is 5.73 Å². The van der Waals surface area contributed by atoms with Gasteiger partial charge in [-0.1, -0.05) is 20.8 Å². The lowest BCUT2D eigenvalue weighted by atomic mass is 9.87. The maximum absolute atomic E-state index is 11.7. The zero-order chi connectivity index (χ0) is 13.1. The summed E-state index contributed by atoms with van der Waals surface area (Å²) >= 11 is 1.63. The van der Waals surface area contributed by atoms with Gasteiger partial charge in [-0.05, 0) is 12.3 Å². The van der Waals surface area contributed by atoms with Gasteiger partial charge in [0.2, 0.25) is 5.91 Å². The Hall–Kier alpha value is -0.360. The van der Waals surface area contributed by atoms with Crippen molar-refractivity contribution in [2.45, 2.75) is 40.2 Å². The van der Waals surface area contributed by atoms with E-state index in [0.29, 0.717) is 6.54 Å². The summed E-state index contributed by atoms with van der Waals surface area (Å²) in [5.74, 6) is -0.0931. The molecule has 1 aromatic rings. The molecule has 0 saturated heterocycles. The number of halogens is 2. The predicted octanol–water partition coefficient (Wildman–Crippen LogP) is 2.33. The summed E-state index contributed by atoms with van der Waals surface area (Å²) in [4.78, 5) is 16.1. The van der Waals surface area contributed by atoms with E-state index in [2.05, 4.69) is 10.3 Å². The Morgan fingerprint density at radius 2 is 2.05 bits per heavy atom. The van der Waals surface area contributed by atoms with E-state index in [1.165, 1.54) is 0 Å². The number of hydrogen-bond acceptors (Lipinski definition) is 4. The highest BCUT2D eigenvalue weighted by Gasteiger charge is 2.26. The fourth-order valence-corrected chi connectivity index (χ4v) is 1.99. The van der Waals surface area contributed by atoms with Crippen LogP contribution in [0, 0.1) is 12.3 Å². The Balaban J connectivity index is 0. The van der Waals surface area contributed by atoms with Gasteiger partial charge in [0.05, 0.1) is 16.7 Å². The molecule has 1 amide bonds. The first-order valence-electron chi connectivity index (χ1n) is 5.75. The van der Waals surface area contributed by atoms with Crippen LogP contribution in [0.3, 0.4) is 0 Å². The molecular formula is C12H23Cl2N3OS. The Morgan fingerprint density at radius 3 is 2.47 bits per heavy atom. The van der Waals surface area contributed by atoms with Gasteiger partial charge in [0.25, 0.3) is 0 Å². The average molecular weight is 328 g/mol. The zero-order valence-electron chi connectivity index (χ0n) is 11.7. The SMILES string of the molecule is Cc1nc(CCNC(=O)[C@@H](N)C(C)(C)C)cs1.Cl.Cl. The number of carbonyl (C=O) groups excluding carboxylic acids is 1. The van der Waals surface area contributed by atoms with Crippen molar-refractivity contribution in [2.75, 3.05) is 6.54 Å². The number of nitrogens with two attached hydrogens (primary N) is 1. The van der Waals surface area contributed by atoms with Crippen LogP contribution < -0.4 is 11.1 Å². The Labute approximate surface area is 131 Å². The number of aromatic nitrogens is 1. The largest absolute Gasteiger partial charge is 0.354 e. The normalized spacial score (nSPS) is 12.1. The van der Waals surface area contributed by atoms with Crippen molar-refractivity contribution < 1.29 is 4.79 Å². The summed E-state index contributed by atoms with van der Waals surface area (Å²) in [5.41, 5.74) is 6.67. The van der Waals surface area contributed by atoms with E-state index < -0.39 is 6.04 Å². The molecule has 0 unspecified atom stereocenters. The third-order valence-electron chi connectivity index (χ3n) is 2.56. The molecule has 0 aliphatic carbocycles. The van der Waals surface area contributed by atoms with Gasteiger partial charge < -0.3 is 11.1 Å². The van der Waals surface area contributed by atoms with E-state index >= 15 is 0 Å². The van der Waals surface area contributed by atoms with E-state index in [9.17, 15) is 4.79 Å². The fraction of sp³-hybridized carbons (Fsp3) is 0.667. The quantitative estimate of drug-likeness (QED) is 0.891. The molecule has 1 aromatic heterocycles. The van der Waals surface area contributed by atoms with Crippen molar-refractivity contribution >= 4 is 42.1 Å². The van der Waals surface area contributed by atoms with Crippen LogP contribution in [0.2, 0.25) is 0 Å². The van der Waals surface area contributed by atoms with Gasteiger partial charge >= 0.3 is 0 Å². The van der Waals surface area contributed by atoms with Gasteiger partial charge in [0, 0.05) is 18.3 Å². The molecule has 0 fully saturated rings. The average Bonchev–Trinajstić information content (AvgIpc) is 2.61. The van der Waals surface area contributed by atoms with E-state index in [0.717, 1.165) is 17.1 Å². The number of hydrogen-bond donors (Lipinski definition) is 2. The number of nitrogens with zero attached hydrogens (tertiary/aromatic N) is 1. The minimum Gasteiger partial charge on any atom is -0.354 e. The number of nitrogens with one attached hydrogen (secondary N) is 1. The molecule has 7 heteroatoms. The molecule has 0 spiro atoms. The predicted molar refractivity (Wildman–Crippen MR) is 85.5 cm³/mol. The van der Waals surface area contributed by atoms with E-state index in [1.54, 1.807) is 11.3 Å². The molecule has 0 aliphatic heterocycles. The lowest BCUT2D eigenvalue weighted by molar-refractivity contribution is -0.124. The Morgan fingerprint density at radius 1 is 1.47 bits per heavy atom. The van der Waals surface area contributed by atoms with Crippen molar-refractivity contribution in [3.05, 3.63) is 16.1 Å². The molecule has 0 bridgehead atoms. The van der Waals surface area contributed by atoms with Gasteiger partial charge in [-0.2, -0.15) is 0 Å². The Kier molecular flexibility index (Phi) is 9.64. The van der Waals surface area contributed by atoms with Crippen molar-refractivity contribution in [1.29, 1.82) is 0 Å². The summed E-state index contributed by atoms with van der Waals surface area (Å²) in [6, 6.07) is -0.473. The van der Waals surface area contributed by atoms with Gasteiger partial charge in [0.1, 0.15) is 0 Å². The lowest BCUT2D eigenvalue weighted by Gasteiger charge is -2.25. The molecule has 4 nitrogen and oxygen atoms in total. The number of carbonyl (C=O) groups is 1. The first-order valence-corrected chi connectivity index (χ1v) is 6.63. The monoisotopic (exact) mass is 327 g/mol. The van der Waals surface area contributed by atoms with Crippen LogP contribution in [0.25, 0.3) is 0 Å². The highest BCUT2D eigenvalue weighted by atomic mass is 35.5. The second kappa shape index (κ2) is 8.74. The molecule has 0 aromatic carbocycles. The molecule has 1 rings (SSSR count). The van der Waals surface area contributed by atoms with Crippen molar-refractivity contribution in [3.63, 3.8) is 0 Å². The number of rotatable bonds is 4. The van der Waals surface area contributed by atoms with Crippen LogP contribution in [0.4, 0.5) is 0 Å². The van der Waals surface area contributed by atoms with Crippen LogP contribution in [0.15, 0.2) is 5.38 Å². The molecular weight excluding hydrogens is 305 g/mol. The van der Waals surface area contributed by atoms with Crippen LogP contribution in [0.1, 0.15) is 31.5 Å². The molecule has 1 atom stereocenters. The molecule has 0 aliphatic rings. The number of thiazole rings is 1. The molecule has 19 heavy (non-hydrogen) atoms. The third-order valence-corrected chi connectivity index (χ3v) is 3.38. The number of amides is 1. The lowest BCUT2D eigenvalue weighted by Crippen LogP contribution is -2.49. The second-order valence-corrected chi connectivity index (χ2v) is 6.30. The molecule has 112 valence electrons. The van der Waals surface area contributed by atoms with Gasteiger partial charge in [-0.25, -0.2) is 4.98 Å². The molecule has 0 saturated carbocycles. The standard InChI is InChI=1S/C12H21N3OS.2ClH/c1-8-15-9(7-17-8)5-6-14-11(16)10(13)12(2,3)4;;/h7,10H,5-6,13H2,1-4H3,(H,14,16);2*1H/t10-;;/m1../s1. The van der Waals surface area contributed by atoms with E-state index in [-0.39, 0.29) is 36.1 Å². The van der Waals surface area contributed by atoms with Gasteiger partial charge in [0.15, 0.2) is 0 Å². The third kappa shape index (κ3) is 7.11. The summed E-state index contributed by atoms with van der Waals surface area (Å²) in [6.45, 7) is 8.44. The van der Waals surface area contributed by atoms with Crippen LogP contribution in [0.5, 0.6) is 0 Å². The van der Waals surface area contributed by atoms with Crippen LogP contribution in [-0.4, -0.2) is 23.5 Å². The van der Waals surface area contributed by atoms with Gasteiger partial charge in [-0.3, -0.25) is 4.79 Å². The number of aryl methyl sites for hydroxylation is 1. The van der Waals surface area contributed by atoms with E-state index in [1.807, 2.05) is 33.1 Å².